The average molecular weight is 354 g/mol. The number of fused-ring (bicyclic) bond motifs is 1. The summed E-state index contributed by atoms with van der Waals surface area (Å²) in [6.07, 6.45) is -0.638. The summed E-state index contributed by atoms with van der Waals surface area (Å²) in [7, 11) is 1.58. The number of methoxy groups -OCH3 is 1. The normalized spacial score (nSPS) is 17.2. The van der Waals surface area contributed by atoms with Crippen LogP contribution in [0, 0.1) is 6.92 Å². The Morgan fingerprint density at radius 3 is 2.58 bits per heavy atom. The predicted molar refractivity (Wildman–Crippen MR) is 99.8 cm³/mol. The summed E-state index contributed by atoms with van der Waals surface area (Å²) >= 11 is 0. The van der Waals surface area contributed by atoms with Crippen molar-refractivity contribution in [2.75, 3.05) is 17.3 Å². The number of hydrogen-bond acceptors (Lipinski definition) is 4. The van der Waals surface area contributed by atoms with E-state index >= 15 is 0 Å². The first-order valence-corrected chi connectivity index (χ1v) is 8.46. The molecule has 2 atom stereocenters. The molecule has 1 aliphatic heterocycles. The molecule has 0 fully saturated rings. The maximum Gasteiger partial charge on any atom is 0.268 e. The van der Waals surface area contributed by atoms with Gasteiger partial charge in [-0.15, -0.1) is 0 Å². The fourth-order valence-electron chi connectivity index (χ4n) is 2.91. The molecule has 0 saturated carbocycles. The molecule has 0 spiro atoms. The maximum atomic E-state index is 12.7. The Labute approximate surface area is 152 Å². The number of hydrogen-bond donors (Lipinski definition) is 1. The van der Waals surface area contributed by atoms with Crippen LogP contribution in [-0.4, -0.2) is 31.1 Å². The van der Waals surface area contributed by atoms with Gasteiger partial charge in [0.05, 0.1) is 12.8 Å². The van der Waals surface area contributed by atoms with Crippen molar-refractivity contribution < 1.29 is 19.1 Å². The van der Waals surface area contributed by atoms with Gasteiger partial charge in [-0.3, -0.25) is 14.5 Å². The molecule has 2 aromatic carbocycles. The Kier molecular flexibility index (Phi) is 4.84. The first kappa shape index (κ1) is 17.8. The van der Waals surface area contributed by atoms with E-state index in [0.29, 0.717) is 22.9 Å². The Balaban J connectivity index is 1.85. The molecule has 26 heavy (non-hydrogen) atoms. The van der Waals surface area contributed by atoms with Crippen molar-refractivity contribution in [1.82, 2.24) is 0 Å². The summed E-state index contributed by atoms with van der Waals surface area (Å²) < 4.78 is 10.8. The fraction of sp³-hybridized carbons (Fsp3) is 0.300. The molecule has 0 radical (unpaired) electrons. The molecular weight excluding hydrogens is 332 g/mol. The third-order valence-electron chi connectivity index (χ3n) is 4.39. The highest BCUT2D eigenvalue weighted by Crippen LogP contribution is 2.36. The lowest BCUT2D eigenvalue weighted by Gasteiger charge is -2.36. The Bertz CT molecular complexity index is 832. The smallest absolute Gasteiger partial charge is 0.268 e. The van der Waals surface area contributed by atoms with Crippen molar-refractivity contribution >= 4 is 23.2 Å². The minimum Gasteiger partial charge on any atom is -0.497 e. The second-order valence-corrected chi connectivity index (χ2v) is 6.33. The first-order valence-electron chi connectivity index (χ1n) is 8.46. The van der Waals surface area contributed by atoms with E-state index in [1.165, 1.54) is 4.90 Å². The zero-order valence-electron chi connectivity index (χ0n) is 15.3. The summed E-state index contributed by atoms with van der Waals surface area (Å²) in [4.78, 5) is 26.9. The number of anilines is 2. The lowest BCUT2D eigenvalue weighted by molar-refractivity contribution is -0.128. The maximum absolute atomic E-state index is 12.7. The van der Waals surface area contributed by atoms with Gasteiger partial charge in [0.15, 0.2) is 6.10 Å². The summed E-state index contributed by atoms with van der Waals surface area (Å²) in [6, 6.07) is 12.0. The standard InChI is InChI=1S/C20H22N2O4/c1-12-5-10-18-17(11-12)22(20(24)14(3)26-18)13(2)19(23)21-15-6-8-16(25-4)9-7-15/h5-11,13-14H,1-4H3,(H,21,23). The van der Waals surface area contributed by atoms with Gasteiger partial charge in [0.25, 0.3) is 5.91 Å². The zero-order valence-corrected chi connectivity index (χ0v) is 15.3. The molecule has 0 aliphatic carbocycles. The zero-order chi connectivity index (χ0) is 18.8. The Hall–Kier alpha value is -3.02. The molecule has 136 valence electrons. The van der Waals surface area contributed by atoms with Crippen molar-refractivity contribution in [2.24, 2.45) is 0 Å². The lowest BCUT2D eigenvalue weighted by atomic mass is 10.1. The highest BCUT2D eigenvalue weighted by Gasteiger charge is 2.37. The van der Waals surface area contributed by atoms with Crippen LogP contribution in [-0.2, 0) is 9.59 Å². The monoisotopic (exact) mass is 354 g/mol. The minimum absolute atomic E-state index is 0.236. The van der Waals surface area contributed by atoms with E-state index in [1.807, 2.05) is 25.1 Å². The molecule has 1 N–H and O–H groups in total. The molecule has 3 rings (SSSR count). The van der Waals surface area contributed by atoms with E-state index in [9.17, 15) is 9.59 Å². The van der Waals surface area contributed by atoms with Gasteiger partial charge in [0, 0.05) is 5.69 Å². The molecule has 0 bridgehead atoms. The predicted octanol–water partition coefficient (Wildman–Crippen LogP) is 3.14. The van der Waals surface area contributed by atoms with Gasteiger partial charge in [-0.25, -0.2) is 0 Å². The average Bonchev–Trinajstić information content (AvgIpc) is 2.63. The second kappa shape index (κ2) is 7.07. The molecule has 2 unspecified atom stereocenters. The number of carbonyl (C=O) groups is 2. The molecule has 0 saturated heterocycles. The molecule has 1 heterocycles. The third kappa shape index (κ3) is 3.35. The minimum atomic E-state index is -0.684. The lowest BCUT2D eigenvalue weighted by Crippen LogP contribution is -2.52. The number of ether oxygens (including phenoxy) is 2. The highest BCUT2D eigenvalue weighted by molar-refractivity contribution is 6.07. The topological polar surface area (TPSA) is 67.9 Å². The summed E-state index contributed by atoms with van der Waals surface area (Å²) in [5.74, 6) is 0.801. The number of benzene rings is 2. The molecule has 1 aliphatic rings. The Morgan fingerprint density at radius 2 is 1.92 bits per heavy atom. The van der Waals surface area contributed by atoms with Crippen molar-refractivity contribution in [3.63, 3.8) is 0 Å². The van der Waals surface area contributed by atoms with E-state index in [0.717, 1.165) is 5.56 Å². The van der Waals surface area contributed by atoms with E-state index in [1.54, 1.807) is 45.2 Å². The fourth-order valence-corrected chi connectivity index (χ4v) is 2.91. The van der Waals surface area contributed by atoms with Gasteiger partial charge >= 0.3 is 0 Å². The summed E-state index contributed by atoms with van der Waals surface area (Å²) in [5, 5.41) is 2.84. The second-order valence-electron chi connectivity index (χ2n) is 6.33. The largest absolute Gasteiger partial charge is 0.497 e. The van der Waals surface area contributed by atoms with Crippen LogP contribution in [0.4, 0.5) is 11.4 Å². The third-order valence-corrected chi connectivity index (χ3v) is 4.39. The van der Waals surface area contributed by atoms with Crippen LogP contribution < -0.4 is 19.7 Å². The van der Waals surface area contributed by atoms with Crippen molar-refractivity contribution in [3.8, 4) is 11.5 Å². The van der Waals surface area contributed by atoms with E-state index in [4.69, 9.17) is 9.47 Å². The molecule has 2 amide bonds. The molecule has 2 aromatic rings. The number of amides is 2. The molecule has 0 aromatic heterocycles. The SMILES string of the molecule is COc1ccc(NC(=O)C(C)N2C(=O)C(C)Oc3ccc(C)cc32)cc1. The van der Waals surface area contributed by atoms with Gasteiger partial charge in [0.2, 0.25) is 5.91 Å². The number of nitrogens with zero attached hydrogens (tertiary/aromatic N) is 1. The van der Waals surface area contributed by atoms with Gasteiger partial charge in [-0.1, -0.05) is 6.07 Å². The molecule has 6 heteroatoms. The Morgan fingerprint density at radius 1 is 1.23 bits per heavy atom. The quantitative estimate of drug-likeness (QED) is 0.916. The van der Waals surface area contributed by atoms with Crippen LogP contribution in [0.1, 0.15) is 19.4 Å². The number of nitrogens with one attached hydrogen (secondary N) is 1. The summed E-state index contributed by atoms with van der Waals surface area (Å²) in [5.41, 5.74) is 2.24. The highest BCUT2D eigenvalue weighted by atomic mass is 16.5. The van der Waals surface area contributed by atoms with Gasteiger partial charge in [0.1, 0.15) is 17.5 Å². The van der Waals surface area contributed by atoms with E-state index in [2.05, 4.69) is 5.32 Å². The van der Waals surface area contributed by atoms with Gasteiger partial charge in [-0.2, -0.15) is 0 Å². The van der Waals surface area contributed by atoms with Crippen LogP contribution in [0.5, 0.6) is 11.5 Å². The van der Waals surface area contributed by atoms with Crippen LogP contribution in [0.15, 0.2) is 42.5 Å². The van der Waals surface area contributed by atoms with Crippen molar-refractivity contribution in [1.29, 1.82) is 0 Å². The van der Waals surface area contributed by atoms with E-state index in [-0.39, 0.29) is 11.8 Å². The number of carbonyl (C=O) groups excluding carboxylic acids is 2. The molecule has 6 nitrogen and oxygen atoms in total. The number of aryl methyl sites for hydroxylation is 1. The van der Waals surface area contributed by atoms with Crippen LogP contribution in [0.25, 0.3) is 0 Å². The first-order chi connectivity index (χ1) is 12.4. The van der Waals surface area contributed by atoms with Gasteiger partial charge < -0.3 is 14.8 Å². The van der Waals surface area contributed by atoms with Crippen molar-refractivity contribution in [3.05, 3.63) is 48.0 Å². The summed E-state index contributed by atoms with van der Waals surface area (Å²) in [6.45, 7) is 5.33. The van der Waals surface area contributed by atoms with Crippen LogP contribution in [0.3, 0.4) is 0 Å². The number of rotatable bonds is 4. The van der Waals surface area contributed by atoms with Gasteiger partial charge in [-0.05, 0) is 62.7 Å². The van der Waals surface area contributed by atoms with E-state index < -0.39 is 12.1 Å². The van der Waals surface area contributed by atoms with Crippen LogP contribution in [0.2, 0.25) is 0 Å². The van der Waals surface area contributed by atoms with Crippen LogP contribution >= 0.6 is 0 Å². The van der Waals surface area contributed by atoms with Crippen molar-refractivity contribution in [2.45, 2.75) is 32.9 Å². The molecular formula is C20H22N2O4.